The largest absolute Gasteiger partial charge is 0.497 e. The lowest BCUT2D eigenvalue weighted by Crippen LogP contribution is -2.17. The molecule has 0 saturated heterocycles. The van der Waals surface area contributed by atoms with E-state index < -0.39 is 5.97 Å². The smallest absolute Gasteiger partial charge is 0.343 e. The van der Waals surface area contributed by atoms with Gasteiger partial charge in [0.1, 0.15) is 5.75 Å². The van der Waals surface area contributed by atoms with Crippen molar-refractivity contribution in [2.45, 2.75) is 13.8 Å². The number of nitrogens with zero attached hydrogens (tertiary/aromatic N) is 1. The minimum atomic E-state index is -0.514. The summed E-state index contributed by atoms with van der Waals surface area (Å²) in [5.74, 6) is 0.503. The van der Waals surface area contributed by atoms with Gasteiger partial charge >= 0.3 is 5.97 Å². The number of rotatable bonds is 8. The first-order valence-corrected chi connectivity index (χ1v) is 10.0. The van der Waals surface area contributed by atoms with Crippen LogP contribution in [0, 0.1) is 6.92 Å². The van der Waals surface area contributed by atoms with Gasteiger partial charge in [-0.05, 0) is 74.0 Å². The number of aryl methyl sites for hydroxylation is 1. The quantitative estimate of drug-likeness (QED) is 0.247. The van der Waals surface area contributed by atoms with Crippen LogP contribution in [0.4, 0.5) is 0 Å². The monoisotopic (exact) mass is 432 g/mol. The maximum absolute atomic E-state index is 12.5. The number of carbonyl (C=O) groups excluding carboxylic acids is 2. The summed E-state index contributed by atoms with van der Waals surface area (Å²) in [4.78, 5) is 24.6. The van der Waals surface area contributed by atoms with Crippen LogP contribution < -0.4 is 19.6 Å². The van der Waals surface area contributed by atoms with E-state index in [0.29, 0.717) is 34.8 Å². The summed E-state index contributed by atoms with van der Waals surface area (Å²) < 4.78 is 16.2. The lowest BCUT2D eigenvalue weighted by atomic mass is 10.1. The molecule has 0 aliphatic rings. The molecule has 0 bridgehead atoms. The van der Waals surface area contributed by atoms with Crippen molar-refractivity contribution in [2.75, 3.05) is 13.7 Å². The minimum Gasteiger partial charge on any atom is -0.497 e. The molecule has 0 aliphatic carbocycles. The number of methoxy groups -OCH3 is 1. The molecule has 7 nitrogen and oxygen atoms in total. The Morgan fingerprint density at radius 1 is 0.938 bits per heavy atom. The Hall–Kier alpha value is -4.13. The summed E-state index contributed by atoms with van der Waals surface area (Å²) in [5, 5.41) is 4.00. The third-order valence-electron chi connectivity index (χ3n) is 4.49. The first-order valence-electron chi connectivity index (χ1n) is 10.0. The second-order valence-corrected chi connectivity index (χ2v) is 6.82. The standard InChI is InChI=1S/C25H24N2O5/c1-4-31-23-15-18(16-26-27-24(28)19-8-5-17(2)6-9-19)7-14-22(23)32-25(29)20-10-12-21(30-3)13-11-20/h5-16H,4H2,1-3H3,(H,27,28). The fraction of sp³-hybridized carbons (Fsp3) is 0.160. The molecule has 0 spiro atoms. The van der Waals surface area contributed by atoms with E-state index in [-0.39, 0.29) is 11.7 Å². The molecule has 0 heterocycles. The SMILES string of the molecule is CCOc1cc(C=NNC(=O)c2ccc(C)cc2)ccc1OC(=O)c1ccc(OC)cc1. The van der Waals surface area contributed by atoms with Crippen LogP contribution in [0.1, 0.15) is 38.8 Å². The lowest BCUT2D eigenvalue weighted by Gasteiger charge is -2.11. The number of esters is 1. The molecule has 0 aliphatic heterocycles. The Bertz CT molecular complexity index is 1110. The zero-order valence-electron chi connectivity index (χ0n) is 18.1. The molecule has 0 aromatic heterocycles. The molecule has 3 aromatic rings. The van der Waals surface area contributed by atoms with Gasteiger partial charge in [0.25, 0.3) is 5.91 Å². The van der Waals surface area contributed by atoms with E-state index in [1.807, 2.05) is 26.0 Å². The van der Waals surface area contributed by atoms with Crippen LogP contribution in [-0.2, 0) is 0 Å². The maximum Gasteiger partial charge on any atom is 0.343 e. The third-order valence-corrected chi connectivity index (χ3v) is 4.49. The highest BCUT2D eigenvalue weighted by Crippen LogP contribution is 2.29. The molecule has 7 heteroatoms. The van der Waals surface area contributed by atoms with E-state index in [4.69, 9.17) is 14.2 Å². The first kappa shape index (κ1) is 22.6. The highest BCUT2D eigenvalue weighted by atomic mass is 16.6. The summed E-state index contributed by atoms with van der Waals surface area (Å²) in [6.45, 7) is 4.17. The predicted octanol–water partition coefficient (Wildman–Crippen LogP) is 4.39. The van der Waals surface area contributed by atoms with E-state index in [1.165, 1.54) is 6.21 Å². The number of hydrogen-bond donors (Lipinski definition) is 1. The zero-order valence-corrected chi connectivity index (χ0v) is 18.1. The summed E-state index contributed by atoms with van der Waals surface area (Å²) >= 11 is 0. The minimum absolute atomic E-state index is 0.286. The Kier molecular flexibility index (Phi) is 7.59. The van der Waals surface area contributed by atoms with Gasteiger partial charge in [0, 0.05) is 5.56 Å². The van der Waals surface area contributed by atoms with E-state index in [0.717, 1.165) is 5.56 Å². The van der Waals surface area contributed by atoms with Crippen molar-refractivity contribution in [1.82, 2.24) is 5.43 Å². The number of hydrogen-bond acceptors (Lipinski definition) is 6. The second kappa shape index (κ2) is 10.8. The average molecular weight is 432 g/mol. The first-order chi connectivity index (χ1) is 15.5. The predicted molar refractivity (Wildman–Crippen MR) is 122 cm³/mol. The van der Waals surface area contributed by atoms with Gasteiger partial charge < -0.3 is 14.2 Å². The molecule has 1 N–H and O–H groups in total. The van der Waals surface area contributed by atoms with Crippen LogP contribution in [0.2, 0.25) is 0 Å². The fourth-order valence-electron chi connectivity index (χ4n) is 2.78. The molecule has 0 fully saturated rings. The van der Waals surface area contributed by atoms with Crippen molar-refractivity contribution < 1.29 is 23.8 Å². The topological polar surface area (TPSA) is 86.2 Å². The van der Waals surface area contributed by atoms with Gasteiger partial charge in [0.2, 0.25) is 0 Å². The van der Waals surface area contributed by atoms with Gasteiger partial charge in [-0.1, -0.05) is 17.7 Å². The van der Waals surface area contributed by atoms with Crippen molar-refractivity contribution >= 4 is 18.1 Å². The summed E-state index contributed by atoms with van der Waals surface area (Å²) in [6.07, 6.45) is 1.49. The number of ether oxygens (including phenoxy) is 3. The zero-order chi connectivity index (χ0) is 22.9. The third kappa shape index (κ3) is 5.95. The number of carbonyl (C=O) groups is 2. The van der Waals surface area contributed by atoms with Gasteiger partial charge in [-0.3, -0.25) is 4.79 Å². The van der Waals surface area contributed by atoms with Gasteiger partial charge in [-0.15, -0.1) is 0 Å². The van der Waals surface area contributed by atoms with Crippen LogP contribution in [0.3, 0.4) is 0 Å². The van der Waals surface area contributed by atoms with Crippen LogP contribution in [0.15, 0.2) is 71.8 Å². The van der Waals surface area contributed by atoms with Crippen molar-refractivity contribution in [2.24, 2.45) is 5.10 Å². The van der Waals surface area contributed by atoms with Crippen molar-refractivity contribution in [3.8, 4) is 17.2 Å². The summed E-state index contributed by atoms with van der Waals surface area (Å²) in [5.41, 5.74) is 5.13. The molecule has 32 heavy (non-hydrogen) atoms. The second-order valence-electron chi connectivity index (χ2n) is 6.82. The van der Waals surface area contributed by atoms with Crippen molar-refractivity contribution in [3.63, 3.8) is 0 Å². The molecule has 1 amide bonds. The number of nitrogens with one attached hydrogen (secondary N) is 1. The fourth-order valence-corrected chi connectivity index (χ4v) is 2.78. The Balaban J connectivity index is 1.69. The molecular weight excluding hydrogens is 408 g/mol. The lowest BCUT2D eigenvalue weighted by molar-refractivity contribution is 0.0728. The highest BCUT2D eigenvalue weighted by molar-refractivity contribution is 5.95. The van der Waals surface area contributed by atoms with Crippen LogP contribution in [0.25, 0.3) is 0 Å². The average Bonchev–Trinajstić information content (AvgIpc) is 2.81. The molecular formula is C25H24N2O5. The number of benzene rings is 3. The summed E-state index contributed by atoms with van der Waals surface area (Å²) in [6, 6.07) is 18.8. The maximum atomic E-state index is 12.5. The number of hydrazone groups is 1. The van der Waals surface area contributed by atoms with E-state index >= 15 is 0 Å². The molecule has 3 rings (SSSR count). The molecule has 0 radical (unpaired) electrons. The normalized spacial score (nSPS) is 10.6. The summed E-state index contributed by atoms with van der Waals surface area (Å²) in [7, 11) is 1.56. The molecule has 0 saturated carbocycles. The van der Waals surface area contributed by atoms with E-state index in [1.54, 1.807) is 61.7 Å². The van der Waals surface area contributed by atoms with Crippen molar-refractivity contribution in [3.05, 3.63) is 89.0 Å². The van der Waals surface area contributed by atoms with Gasteiger partial charge in [-0.25, -0.2) is 10.2 Å². The number of amides is 1. The van der Waals surface area contributed by atoms with Crippen LogP contribution in [0.5, 0.6) is 17.2 Å². The van der Waals surface area contributed by atoms with Gasteiger partial charge in [0.05, 0.1) is 25.5 Å². The van der Waals surface area contributed by atoms with Crippen LogP contribution in [-0.4, -0.2) is 31.8 Å². The van der Waals surface area contributed by atoms with Gasteiger partial charge in [-0.2, -0.15) is 5.10 Å². The Morgan fingerprint density at radius 3 is 2.28 bits per heavy atom. The van der Waals surface area contributed by atoms with Gasteiger partial charge in [0.15, 0.2) is 11.5 Å². The molecule has 0 atom stereocenters. The Labute approximate surface area is 186 Å². The van der Waals surface area contributed by atoms with Crippen molar-refractivity contribution in [1.29, 1.82) is 0 Å². The molecule has 164 valence electrons. The molecule has 3 aromatic carbocycles. The van der Waals surface area contributed by atoms with Crippen LogP contribution >= 0.6 is 0 Å². The molecule has 0 unspecified atom stereocenters. The van der Waals surface area contributed by atoms with E-state index in [9.17, 15) is 9.59 Å². The van der Waals surface area contributed by atoms with E-state index in [2.05, 4.69) is 10.5 Å². The Morgan fingerprint density at radius 2 is 1.62 bits per heavy atom. The highest BCUT2D eigenvalue weighted by Gasteiger charge is 2.13.